The van der Waals surface area contributed by atoms with Crippen molar-refractivity contribution in [3.05, 3.63) is 22.2 Å². The van der Waals surface area contributed by atoms with Gasteiger partial charge in [0.15, 0.2) is 11.5 Å². The highest BCUT2D eigenvalue weighted by atomic mass is 79.9. The summed E-state index contributed by atoms with van der Waals surface area (Å²) in [5, 5.41) is 9.84. The summed E-state index contributed by atoms with van der Waals surface area (Å²) in [6.07, 6.45) is 5.13. The highest BCUT2D eigenvalue weighted by molar-refractivity contribution is 9.10. The third-order valence-electron chi connectivity index (χ3n) is 3.91. The van der Waals surface area contributed by atoms with Crippen LogP contribution in [0.25, 0.3) is 0 Å². The molecule has 4 heteroatoms. The number of phenolic OH excluding ortho intramolecular Hbond substituents is 1. The molecule has 0 saturated carbocycles. The number of phenols is 1. The molecule has 0 bridgehead atoms. The third kappa shape index (κ3) is 3.42. The normalized spacial score (nSPS) is 20.5. The Labute approximate surface area is 123 Å². The van der Waals surface area contributed by atoms with Crippen LogP contribution in [-0.2, 0) is 6.54 Å². The van der Waals surface area contributed by atoms with E-state index >= 15 is 0 Å². The van der Waals surface area contributed by atoms with Crippen molar-refractivity contribution in [1.29, 1.82) is 0 Å². The fourth-order valence-electron chi connectivity index (χ4n) is 2.84. The molecule has 1 aliphatic heterocycles. The van der Waals surface area contributed by atoms with Gasteiger partial charge in [0, 0.05) is 12.6 Å². The first-order chi connectivity index (χ1) is 9.15. The molecular formula is C15H22BrNO2. The van der Waals surface area contributed by atoms with Gasteiger partial charge in [-0.15, -0.1) is 0 Å². The van der Waals surface area contributed by atoms with Crippen LogP contribution in [0.2, 0.25) is 0 Å². The minimum Gasteiger partial charge on any atom is -0.503 e. The first-order valence-electron chi connectivity index (χ1n) is 6.95. The van der Waals surface area contributed by atoms with Crippen LogP contribution in [-0.4, -0.2) is 29.7 Å². The number of ether oxygens (including phenoxy) is 1. The molecule has 0 radical (unpaired) electrons. The number of likely N-dealkylation sites (tertiary alicyclic amines) is 1. The molecule has 0 aliphatic carbocycles. The molecule has 1 saturated heterocycles. The van der Waals surface area contributed by atoms with Crippen molar-refractivity contribution < 1.29 is 9.84 Å². The van der Waals surface area contributed by atoms with Gasteiger partial charge in [-0.25, -0.2) is 0 Å². The Morgan fingerprint density at radius 1 is 1.42 bits per heavy atom. The van der Waals surface area contributed by atoms with Gasteiger partial charge in [-0.2, -0.15) is 0 Å². The predicted octanol–water partition coefficient (Wildman–Crippen LogP) is 3.93. The maximum Gasteiger partial charge on any atom is 0.172 e. The summed E-state index contributed by atoms with van der Waals surface area (Å²) in [5.41, 5.74) is 1.18. The maximum absolute atomic E-state index is 9.84. The molecule has 0 spiro atoms. The highest BCUT2D eigenvalue weighted by Gasteiger charge is 2.21. The summed E-state index contributed by atoms with van der Waals surface area (Å²) in [5.74, 6) is 0.714. The Hall–Kier alpha value is -0.740. The second kappa shape index (κ2) is 6.62. The van der Waals surface area contributed by atoms with Crippen molar-refractivity contribution in [3.63, 3.8) is 0 Å². The van der Waals surface area contributed by atoms with Crippen molar-refractivity contribution in [3.8, 4) is 11.5 Å². The van der Waals surface area contributed by atoms with Crippen LogP contribution < -0.4 is 4.74 Å². The SMILES string of the molecule is CCC1CCCCN1Cc1cc(Br)c(O)c(OC)c1. The van der Waals surface area contributed by atoms with E-state index in [2.05, 4.69) is 27.8 Å². The number of hydrogen-bond acceptors (Lipinski definition) is 3. The fraction of sp³-hybridized carbons (Fsp3) is 0.600. The molecule has 2 rings (SSSR count). The monoisotopic (exact) mass is 327 g/mol. The van der Waals surface area contributed by atoms with E-state index in [0.29, 0.717) is 16.3 Å². The van der Waals surface area contributed by atoms with E-state index in [0.717, 1.165) is 6.54 Å². The van der Waals surface area contributed by atoms with E-state index in [-0.39, 0.29) is 5.75 Å². The van der Waals surface area contributed by atoms with Crippen LogP contribution >= 0.6 is 15.9 Å². The summed E-state index contributed by atoms with van der Waals surface area (Å²) in [6.45, 7) is 4.35. The van der Waals surface area contributed by atoms with Crippen molar-refractivity contribution in [2.75, 3.05) is 13.7 Å². The van der Waals surface area contributed by atoms with Gasteiger partial charge < -0.3 is 9.84 Å². The first-order valence-corrected chi connectivity index (χ1v) is 7.74. The zero-order chi connectivity index (χ0) is 13.8. The van der Waals surface area contributed by atoms with Gasteiger partial charge >= 0.3 is 0 Å². The standard InChI is InChI=1S/C15H22BrNO2/c1-3-12-6-4-5-7-17(12)10-11-8-13(16)15(18)14(9-11)19-2/h8-9,12,18H,3-7,10H2,1-2H3. The van der Waals surface area contributed by atoms with Gasteiger partial charge in [-0.3, -0.25) is 4.90 Å². The molecule has 0 amide bonds. The summed E-state index contributed by atoms with van der Waals surface area (Å²) in [6, 6.07) is 4.60. The number of nitrogens with zero attached hydrogens (tertiary/aromatic N) is 1. The first kappa shape index (κ1) is 14.7. The van der Waals surface area contributed by atoms with Gasteiger partial charge in [-0.1, -0.05) is 13.3 Å². The van der Waals surface area contributed by atoms with Crippen molar-refractivity contribution in [1.82, 2.24) is 4.90 Å². The minimum absolute atomic E-state index is 0.178. The van der Waals surface area contributed by atoms with E-state index in [9.17, 15) is 5.11 Å². The van der Waals surface area contributed by atoms with Gasteiger partial charge in [0.1, 0.15) is 0 Å². The Balaban J connectivity index is 2.16. The molecular weight excluding hydrogens is 306 g/mol. The van der Waals surface area contributed by atoms with Crippen LogP contribution in [0.5, 0.6) is 11.5 Å². The summed E-state index contributed by atoms with van der Waals surface area (Å²) in [7, 11) is 1.58. The smallest absolute Gasteiger partial charge is 0.172 e. The third-order valence-corrected chi connectivity index (χ3v) is 4.52. The van der Waals surface area contributed by atoms with Gasteiger partial charge in [-0.05, 0) is 59.4 Å². The van der Waals surface area contributed by atoms with Crippen LogP contribution in [0.1, 0.15) is 38.2 Å². The lowest BCUT2D eigenvalue weighted by molar-refractivity contribution is 0.136. The van der Waals surface area contributed by atoms with Crippen molar-refractivity contribution in [2.45, 2.75) is 45.2 Å². The summed E-state index contributed by atoms with van der Waals surface area (Å²) in [4.78, 5) is 2.54. The number of aromatic hydroxyl groups is 1. The second-order valence-electron chi connectivity index (χ2n) is 5.16. The number of methoxy groups -OCH3 is 1. The van der Waals surface area contributed by atoms with E-state index in [1.165, 1.54) is 37.8 Å². The highest BCUT2D eigenvalue weighted by Crippen LogP contribution is 2.36. The van der Waals surface area contributed by atoms with E-state index < -0.39 is 0 Å². The lowest BCUT2D eigenvalue weighted by Crippen LogP contribution is -2.38. The predicted molar refractivity (Wildman–Crippen MR) is 80.7 cm³/mol. The van der Waals surface area contributed by atoms with Gasteiger partial charge in [0.05, 0.1) is 11.6 Å². The average molecular weight is 328 g/mol. The molecule has 1 fully saturated rings. The average Bonchev–Trinajstić information content (AvgIpc) is 2.43. The van der Waals surface area contributed by atoms with Crippen LogP contribution in [0.4, 0.5) is 0 Å². The molecule has 1 aromatic carbocycles. The van der Waals surface area contributed by atoms with Crippen molar-refractivity contribution in [2.24, 2.45) is 0 Å². The zero-order valence-electron chi connectivity index (χ0n) is 11.7. The molecule has 19 heavy (non-hydrogen) atoms. The maximum atomic E-state index is 9.84. The number of halogens is 1. The molecule has 1 aromatic rings. The topological polar surface area (TPSA) is 32.7 Å². The Kier molecular flexibility index (Phi) is 5.11. The molecule has 1 heterocycles. The molecule has 1 aliphatic rings. The number of benzene rings is 1. The van der Waals surface area contributed by atoms with Crippen LogP contribution in [0, 0.1) is 0 Å². The Morgan fingerprint density at radius 2 is 2.21 bits per heavy atom. The molecule has 1 unspecified atom stereocenters. The zero-order valence-corrected chi connectivity index (χ0v) is 13.2. The van der Waals surface area contributed by atoms with Gasteiger partial charge in [0.2, 0.25) is 0 Å². The number of piperidine rings is 1. The lowest BCUT2D eigenvalue weighted by Gasteiger charge is -2.35. The number of hydrogen-bond donors (Lipinski definition) is 1. The van der Waals surface area contributed by atoms with Crippen LogP contribution in [0.15, 0.2) is 16.6 Å². The fourth-order valence-corrected chi connectivity index (χ4v) is 3.33. The molecule has 0 aromatic heterocycles. The molecule has 1 atom stereocenters. The lowest BCUT2D eigenvalue weighted by atomic mass is 9.99. The number of rotatable bonds is 4. The largest absolute Gasteiger partial charge is 0.503 e. The Bertz CT molecular complexity index is 436. The minimum atomic E-state index is 0.178. The second-order valence-corrected chi connectivity index (χ2v) is 6.01. The summed E-state index contributed by atoms with van der Waals surface area (Å²) >= 11 is 3.39. The van der Waals surface area contributed by atoms with Gasteiger partial charge in [0.25, 0.3) is 0 Å². The van der Waals surface area contributed by atoms with Crippen LogP contribution in [0.3, 0.4) is 0 Å². The quantitative estimate of drug-likeness (QED) is 0.909. The van der Waals surface area contributed by atoms with E-state index in [1.807, 2.05) is 12.1 Å². The summed E-state index contributed by atoms with van der Waals surface area (Å²) < 4.78 is 5.91. The van der Waals surface area contributed by atoms with E-state index in [1.54, 1.807) is 7.11 Å². The Morgan fingerprint density at radius 3 is 2.89 bits per heavy atom. The molecule has 1 N–H and O–H groups in total. The molecule has 3 nitrogen and oxygen atoms in total. The van der Waals surface area contributed by atoms with E-state index in [4.69, 9.17) is 4.74 Å². The van der Waals surface area contributed by atoms with Crippen molar-refractivity contribution >= 4 is 15.9 Å². The molecule has 106 valence electrons.